The van der Waals surface area contributed by atoms with E-state index in [0.717, 1.165) is 45.0 Å². The SMILES string of the molecule is CCOC(CN(Cc1ccc(F)c(N2CC(N3CCN(C)CC3)C2)n1)C(=O)CN)OCC.Cc1ccc(OC(C)(C)C)cc1. The molecule has 246 valence electrons. The molecule has 2 aliphatic rings. The van der Waals surface area contributed by atoms with Crippen molar-refractivity contribution in [2.24, 2.45) is 5.73 Å². The number of likely N-dealkylation sites (N-methyl/N-ethyl adjacent to an activating group) is 1. The number of rotatable bonds is 12. The number of halogens is 1. The molecule has 0 saturated carbocycles. The Balaban J connectivity index is 0.000000369. The summed E-state index contributed by atoms with van der Waals surface area (Å²) < 4.78 is 31.4. The quantitative estimate of drug-likeness (QED) is 0.360. The summed E-state index contributed by atoms with van der Waals surface area (Å²) in [6, 6.07) is 11.6. The van der Waals surface area contributed by atoms with Gasteiger partial charge in [0.05, 0.1) is 25.3 Å². The minimum Gasteiger partial charge on any atom is -0.488 e. The van der Waals surface area contributed by atoms with Crippen molar-refractivity contribution in [3.63, 3.8) is 0 Å². The molecule has 0 radical (unpaired) electrons. The zero-order valence-electron chi connectivity index (χ0n) is 27.7. The number of piperazine rings is 1. The predicted octanol–water partition coefficient (Wildman–Crippen LogP) is 3.52. The Labute approximate surface area is 263 Å². The molecule has 2 aromatic rings. The van der Waals surface area contributed by atoms with Crippen LogP contribution in [0, 0.1) is 12.7 Å². The van der Waals surface area contributed by atoms with E-state index in [9.17, 15) is 9.18 Å². The van der Waals surface area contributed by atoms with Crippen LogP contribution < -0.4 is 15.4 Å². The number of aryl methyl sites for hydroxylation is 1. The number of ether oxygens (including phenoxy) is 3. The second-order valence-electron chi connectivity index (χ2n) is 12.4. The van der Waals surface area contributed by atoms with Crippen molar-refractivity contribution < 1.29 is 23.4 Å². The molecule has 1 aromatic heterocycles. The number of nitrogens with zero attached hydrogens (tertiary/aromatic N) is 5. The molecule has 0 bridgehead atoms. The van der Waals surface area contributed by atoms with E-state index < -0.39 is 6.29 Å². The van der Waals surface area contributed by atoms with Crippen LogP contribution in [0.2, 0.25) is 0 Å². The number of anilines is 1. The number of benzene rings is 1. The lowest BCUT2D eigenvalue weighted by Gasteiger charge is -2.48. The zero-order valence-corrected chi connectivity index (χ0v) is 27.7. The first kappa shape index (κ1) is 35.6. The topological polar surface area (TPSA) is 96.6 Å². The van der Waals surface area contributed by atoms with Gasteiger partial charge in [0.1, 0.15) is 11.4 Å². The fourth-order valence-corrected chi connectivity index (χ4v) is 5.07. The number of amides is 1. The van der Waals surface area contributed by atoms with Crippen LogP contribution in [0.15, 0.2) is 36.4 Å². The summed E-state index contributed by atoms with van der Waals surface area (Å²) in [6.07, 6.45) is -0.542. The highest BCUT2D eigenvalue weighted by atomic mass is 19.1. The fourth-order valence-electron chi connectivity index (χ4n) is 5.07. The van der Waals surface area contributed by atoms with Crippen molar-refractivity contribution in [3.05, 3.63) is 53.5 Å². The summed E-state index contributed by atoms with van der Waals surface area (Å²) in [5, 5.41) is 0. The molecular weight excluding hydrogens is 563 g/mol. The number of carbonyl (C=O) groups is 1. The number of aromatic nitrogens is 1. The van der Waals surface area contributed by atoms with Gasteiger partial charge in [-0.1, -0.05) is 17.7 Å². The third kappa shape index (κ3) is 11.3. The number of nitrogens with two attached hydrogens (primary N) is 1. The van der Waals surface area contributed by atoms with E-state index >= 15 is 0 Å². The van der Waals surface area contributed by atoms with E-state index in [1.54, 1.807) is 11.0 Å². The Morgan fingerprint density at radius 2 is 1.66 bits per heavy atom. The first-order chi connectivity index (χ1) is 20.9. The largest absolute Gasteiger partial charge is 0.488 e. The van der Waals surface area contributed by atoms with Gasteiger partial charge in [-0.05, 0) is 72.9 Å². The molecule has 3 heterocycles. The molecule has 0 atom stereocenters. The summed E-state index contributed by atoms with van der Waals surface area (Å²) in [6.45, 7) is 19.0. The van der Waals surface area contributed by atoms with Crippen LogP contribution in [0.5, 0.6) is 5.75 Å². The fraction of sp³-hybridized carbons (Fsp3) is 0.636. The van der Waals surface area contributed by atoms with Gasteiger partial charge in [0.25, 0.3) is 0 Å². The van der Waals surface area contributed by atoms with E-state index in [-0.39, 0.29) is 37.0 Å². The average molecular weight is 617 g/mol. The number of carbonyl (C=O) groups excluding carboxylic acids is 1. The lowest BCUT2D eigenvalue weighted by molar-refractivity contribution is -0.159. The molecule has 2 fully saturated rings. The Morgan fingerprint density at radius 3 is 2.20 bits per heavy atom. The second kappa shape index (κ2) is 17.0. The van der Waals surface area contributed by atoms with Crippen molar-refractivity contribution in [2.45, 2.75) is 66.0 Å². The Morgan fingerprint density at radius 1 is 1.05 bits per heavy atom. The number of pyridine rings is 1. The molecule has 2 aliphatic heterocycles. The van der Waals surface area contributed by atoms with Crippen molar-refractivity contribution in [3.8, 4) is 5.75 Å². The van der Waals surface area contributed by atoms with E-state index in [2.05, 4.69) is 40.9 Å². The highest BCUT2D eigenvalue weighted by molar-refractivity contribution is 5.78. The monoisotopic (exact) mass is 616 g/mol. The third-order valence-corrected chi connectivity index (χ3v) is 7.50. The molecule has 4 rings (SSSR count). The van der Waals surface area contributed by atoms with Gasteiger partial charge in [-0.3, -0.25) is 9.69 Å². The van der Waals surface area contributed by atoms with Gasteiger partial charge in [-0.2, -0.15) is 0 Å². The van der Waals surface area contributed by atoms with Crippen LogP contribution in [0.25, 0.3) is 0 Å². The van der Waals surface area contributed by atoms with E-state index in [0.29, 0.717) is 30.8 Å². The maximum absolute atomic E-state index is 14.6. The minimum absolute atomic E-state index is 0.102. The van der Waals surface area contributed by atoms with Crippen LogP contribution >= 0.6 is 0 Å². The molecule has 0 aliphatic carbocycles. The van der Waals surface area contributed by atoms with Crippen LogP contribution in [-0.2, 0) is 20.8 Å². The summed E-state index contributed by atoms with van der Waals surface area (Å²) in [4.78, 5) is 25.3. The minimum atomic E-state index is -0.542. The molecule has 1 aromatic carbocycles. The van der Waals surface area contributed by atoms with E-state index in [4.69, 9.17) is 19.9 Å². The van der Waals surface area contributed by atoms with E-state index in [1.807, 2.05) is 51.7 Å². The summed E-state index contributed by atoms with van der Waals surface area (Å²) in [5.41, 5.74) is 7.38. The van der Waals surface area contributed by atoms with Gasteiger partial charge >= 0.3 is 0 Å². The van der Waals surface area contributed by atoms with Crippen LogP contribution in [-0.4, -0.2) is 116 Å². The Bertz CT molecular complexity index is 1140. The van der Waals surface area contributed by atoms with Gasteiger partial charge in [0.15, 0.2) is 17.9 Å². The lowest BCUT2D eigenvalue weighted by Crippen LogP contribution is -2.63. The van der Waals surface area contributed by atoms with Crippen molar-refractivity contribution >= 4 is 11.7 Å². The standard InChI is InChI=1S/C22H37FN6O3.C11H16O/c1-4-31-21(32-5-2)16-28(20(30)12-24)13-17-6-7-19(23)22(25-17)29-14-18(15-29)27-10-8-26(3)9-11-27;1-9-5-7-10(8-6-9)12-11(2,3)4/h6-7,18,21H,4-5,8-16,24H2,1-3H3;5-8H,1-4H3. The van der Waals surface area contributed by atoms with Gasteiger partial charge in [0, 0.05) is 58.5 Å². The van der Waals surface area contributed by atoms with Gasteiger partial charge in [-0.25, -0.2) is 9.37 Å². The lowest BCUT2D eigenvalue weighted by atomic mass is 10.1. The van der Waals surface area contributed by atoms with Gasteiger partial charge < -0.3 is 34.6 Å². The normalized spacial score (nSPS) is 16.4. The number of hydrogen-bond donors (Lipinski definition) is 1. The molecule has 44 heavy (non-hydrogen) atoms. The first-order valence-corrected chi connectivity index (χ1v) is 15.7. The molecule has 2 saturated heterocycles. The molecule has 11 heteroatoms. The highest BCUT2D eigenvalue weighted by Crippen LogP contribution is 2.26. The molecule has 2 N–H and O–H groups in total. The number of hydrogen-bond acceptors (Lipinski definition) is 9. The zero-order chi connectivity index (χ0) is 32.3. The maximum Gasteiger partial charge on any atom is 0.236 e. The predicted molar refractivity (Wildman–Crippen MR) is 172 cm³/mol. The third-order valence-electron chi connectivity index (χ3n) is 7.50. The first-order valence-electron chi connectivity index (χ1n) is 15.7. The summed E-state index contributed by atoms with van der Waals surface area (Å²) in [5.74, 6) is 0.706. The molecule has 10 nitrogen and oxygen atoms in total. The Kier molecular flexibility index (Phi) is 13.8. The van der Waals surface area contributed by atoms with Crippen LogP contribution in [0.1, 0.15) is 45.9 Å². The maximum atomic E-state index is 14.6. The average Bonchev–Trinajstić information content (AvgIpc) is 2.95. The molecule has 0 spiro atoms. The van der Waals surface area contributed by atoms with Crippen LogP contribution in [0.4, 0.5) is 10.2 Å². The molecule has 0 unspecified atom stereocenters. The molecule has 1 amide bonds. The van der Waals surface area contributed by atoms with E-state index in [1.165, 1.54) is 11.6 Å². The van der Waals surface area contributed by atoms with Gasteiger partial charge in [-0.15, -0.1) is 0 Å². The van der Waals surface area contributed by atoms with Crippen molar-refractivity contribution in [1.82, 2.24) is 19.7 Å². The summed E-state index contributed by atoms with van der Waals surface area (Å²) in [7, 11) is 2.14. The van der Waals surface area contributed by atoms with Crippen molar-refractivity contribution in [1.29, 1.82) is 0 Å². The molecular formula is C33H53FN6O4. The van der Waals surface area contributed by atoms with Crippen molar-refractivity contribution in [2.75, 3.05) is 77.5 Å². The van der Waals surface area contributed by atoms with Crippen LogP contribution in [0.3, 0.4) is 0 Å². The van der Waals surface area contributed by atoms with Gasteiger partial charge in [0.2, 0.25) is 5.91 Å². The second-order valence-corrected chi connectivity index (χ2v) is 12.4. The smallest absolute Gasteiger partial charge is 0.236 e. The highest BCUT2D eigenvalue weighted by Gasteiger charge is 2.35. The summed E-state index contributed by atoms with van der Waals surface area (Å²) >= 11 is 0. The Hall–Kier alpha value is -2.83.